The molecule has 0 saturated carbocycles. The number of aliphatic hydroxyl groups excluding tert-OH is 3. The molecule has 0 aromatic carbocycles. The summed E-state index contributed by atoms with van der Waals surface area (Å²) < 4.78 is 23.1. The lowest BCUT2D eigenvalue weighted by molar-refractivity contribution is -0.159. The molecule has 2 heterocycles. The number of carbonyl (C=O) groups excluding carboxylic acids is 1. The summed E-state index contributed by atoms with van der Waals surface area (Å²) in [5.74, 6) is 6.00. The average molecular weight is 595 g/mol. The van der Waals surface area contributed by atoms with Crippen LogP contribution in [0.2, 0.25) is 0 Å². The highest BCUT2D eigenvalue weighted by atomic mass is 127. The zero-order chi connectivity index (χ0) is 25.0. The van der Waals surface area contributed by atoms with Crippen molar-refractivity contribution >= 4 is 36.5 Å². The Morgan fingerprint density at radius 2 is 2.03 bits per heavy atom. The number of aliphatic imine (C=N–C) groups is 1. The summed E-state index contributed by atoms with van der Waals surface area (Å²) in [6.45, 7) is 6.94. The molecule has 1 amide bonds. The Morgan fingerprint density at radius 3 is 2.76 bits per heavy atom. The molecular weight excluding hydrogens is 561 g/mol. The molecule has 0 radical (unpaired) electrons. The molecule has 4 atom stereocenters. The molecule has 34 heavy (non-hydrogen) atoms. The van der Waals surface area contributed by atoms with E-state index in [1.54, 1.807) is 33.2 Å². The van der Waals surface area contributed by atoms with Gasteiger partial charge in [0.1, 0.15) is 30.5 Å². The van der Waals surface area contributed by atoms with Gasteiger partial charge in [-0.05, 0) is 41.5 Å². The monoisotopic (exact) mass is 595 g/mol. The molecule has 0 aliphatic carbocycles. The minimum Gasteiger partial charge on any atom is -0.444 e. The zero-order valence-electron chi connectivity index (χ0n) is 19.6. The van der Waals surface area contributed by atoms with Crippen LogP contribution in [0.25, 0.3) is 0 Å². The van der Waals surface area contributed by atoms with Crippen molar-refractivity contribution in [3.63, 3.8) is 0 Å². The van der Waals surface area contributed by atoms with Crippen LogP contribution in [-0.2, 0) is 18.9 Å². The van der Waals surface area contributed by atoms with Crippen LogP contribution < -0.4 is 10.6 Å². The quantitative estimate of drug-likeness (QED) is 0.0988. The number of hydrogen-bond donors (Lipinski definition) is 5. The number of amides is 1. The van der Waals surface area contributed by atoms with Crippen LogP contribution in [0.15, 0.2) is 14.9 Å². The second-order valence-electron chi connectivity index (χ2n) is 8.38. The summed E-state index contributed by atoms with van der Waals surface area (Å²) in [5.41, 5.74) is -0.529. The summed E-state index contributed by atoms with van der Waals surface area (Å²) in [6, 6.07) is -0.492. The highest BCUT2D eigenvalue weighted by Crippen LogP contribution is 2.21. The van der Waals surface area contributed by atoms with E-state index in [2.05, 4.69) is 27.5 Å². The molecule has 2 rings (SSSR count). The number of halogens is 1. The largest absolute Gasteiger partial charge is 0.444 e. The normalized spacial score (nSPS) is 24.6. The second-order valence-corrected chi connectivity index (χ2v) is 11.2. The third kappa shape index (κ3) is 10.8. The fraction of sp³-hybridized carbons (Fsp3) is 0.682. The molecule has 2 aliphatic rings. The summed E-state index contributed by atoms with van der Waals surface area (Å²) in [6.07, 6.45) is -0.0857. The Hall–Kier alpha value is -1.60. The van der Waals surface area contributed by atoms with Crippen molar-refractivity contribution < 1.29 is 39.1 Å². The summed E-state index contributed by atoms with van der Waals surface area (Å²) in [4.78, 5) is 15.7. The van der Waals surface area contributed by atoms with Crippen LogP contribution in [0.3, 0.4) is 0 Å². The Labute approximate surface area is 209 Å². The molecule has 192 valence electrons. The van der Waals surface area contributed by atoms with Gasteiger partial charge in [-0.3, -0.25) is 4.99 Å². The van der Waals surface area contributed by atoms with E-state index in [1.165, 1.54) is 0 Å². The van der Waals surface area contributed by atoms with E-state index < -0.39 is 56.8 Å². The lowest BCUT2D eigenvalue weighted by Crippen LogP contribution is -2.58. The topological polar surface area (TPSA) is 151 Å². The zero-order valence-corrected chi connectivity index (χ0v) is 21.8. The highest BCUT2D eigenvalue weighted by Gasteiger charge is 2.38. The van der Waals surface area contributed by atoms with Crippen molar-refractivity contribution in [1.29, 1.82) is 0 Å². The van der Waals surface area contributed by atoms with Gasteiger partial charge < -0.3 is 44.9 Å². The standard InChI is InChI=1S/C22H34IN3O8/c1-22(2,3)34-21(30)25-6-8-32-10-9-31-7-4-5-15-11-24-12-18(23-15)26-16-14-33-17(13-27)20(29)19(16)28/h11-12,16-17,19-20,26-29H,6-10,13-14H2,1-3H3,(H,25,30)/t16-,17+,19+,20-/m0/s1. The molecule has 11 nitrogen and oxygen atoms in total. The second kappa shape index (κ2) is 14.7. The van der Waals surface area contributed by atoms with Gasteiger partial charge in [-0.15, -0.1) is 0 Å². The van der Waals surface area contributed by atoms with Crippen molar-refractivity contribution in [2.24, 2.45) is 4.99 Å². The van der Waals surface area contributed by atoms with Gasteiger partial charge in [0.2, 0.25) is 0 Å². The molecule has 0 unspecified atom stereocenters. The SMILES string of the molecule is CC(C)(C)OC(=O)NCCOCCOCC#CC1=IC(N[C@H]2CO[C@H](CO)[C@H](O)[C@@H]2O)=CN=C1. The van der Waals surface area contributed by atoms with Crippen molar-refractivity contribution in [3.05, 3.63) is 9.90 Å². The average Bonchev–Trinajstić information content (AvgIpc) is 2.77. The Kier molecular flexibility index (Phi) is 12.4. The Morgan fingerprint density at radius 1 is 1.26 bits per heavy atom. The van der Waals surface area contributed by atoms with Crippen LogP contribution in [0, 0.1) is 11.8 Å². The summed E-state index contributed by atoms with van der Waals surface area (Å²) in [5, 5.41) is 35.2. The van der Waals surface area contributed by atoms with Gasteiger partial charge >= 0.3 is 6.09 Å². The van der Waals surface area contributed by atoms with Gasteiger partial charge in [0.05, 0.1) is 52.5 Å². The molecule has 12 heteroatoms. The van der Waals surface area contributed by atoms with Crippen molar-refractivity contribution in [3.8, 4) is 11.8 Å². The molecule has 0 bridgehead atoms. The van der Waals surface area contributed by atoms with E-state index in [4.69, 9.17) is 24.1 Å². The molecular formula is C22H34IN3O8. The minimum atomic E-state index is -1.16. The van der Waals surface area contributed by atoms with Crippen molar-refractivity contribution in [2.45, 2.75) is 50.7 Å². The third-order valence-corrected chi connectivity index (χ3v) is 6.68. The number of nitrogens with one attached hydrogen (secondary N) is 2. The van der Waals surface area contributed by atoms with E-state index in [1.807, 2.05) is 0 Å². The number of aliphatic hydroxyl groups is 3. The number of nitrogens with zero attached hydrogens (tertiary/aromatic N) is 1. The molecule has 2 aliphatic heterocycles. The molecule has 0 spiro atoms. The molecule has 5 N–H and O–H groups in total. The first-order chi connectivity index (χ1) is 16.2. The van der Waals surface area contributed by atoms with Gasteiger partial charge in [0.25, 0.3) is 0 Å². The predicted octanol–water partition coefficient (Wildman–Crippen LogP) is -0.355. The molecule has 1 fully saturated rings. The van der Waals surface area contributed by atoms with Gasteiger partial charge in [0.15, 0.2) is 0 Å². The maximum Gasteiger partial charge on any atom is 0.407 e. The van der Waals surface area contributed by atoms with Gasteiger partial charge in [0, 0.05) is 12.8 Å². The Bertz CT molecular complexity index is 815. The maximum atomic E-state index is 11.5. The first kappa shape index (κ1) is 28.6. The fourth-order valence-electron chi connectivity index (χ4n) is 2.80. The van der Waals surface area contributed by atoms with E-state index in [0.29, 0.717) is 26.4 Å². The lowest BCUT2D eigenvalue weighted by atomic mass is 9.99. The fourth-order valence-corrected chi connectivity index (χ4v) is 4.90. The summed E-state index contributed by atoms with van der Waals surface area (Å²) >= 11 is -0.624. The predicted molar refractivity (Wildman–Crippen MR) is 135 cm³/mol. The first-order valence-electron chi connectivity index (χ1n) is 10.9. The maximum absolute atomic E-state index is 11.5. The van der Waals surface area contributed by atoms with Crippen LogP contribution >= 0.6 is 20.7 Å². The van der Waals surface area contributed by atoms with Crippen LogP contribution in [0.4, 0.5) is 4.79 Å². The summed E-state index contributed by atoms with van der Waals surface area (Å²) in [7, 11) is 0. The Balaban J connectivity index is 1.60. The van der Waals surface area contributed by atoms with E-state index in [9.17, 15) is 15.0 Å². The number of alkyl carbamates (subject to hydrolysis) is 1. The first-order valence-corrected chi connectivity index (χ1v) is 13.1. The lowest BCUT2D eigenvalue weighted by Gasteiger charge is -2.37. The molecule has 0 aromatic rings. The minimum absolute atomic E-state index is 0.169. The molecule has 0 aromatic heterocycles. The number of rotatable bonds is 10. The number of ether oxygens (including phenoxy) is 4. The smallest absolute Gasteiger partial charge is 0.407 e. The van der Waals surface area contributed by atoms with Crippen LogP contribution in [0.1, 0.15) is 20.8 Å². The highest BCUT2D eigenvalue weighted by molar-refractivity contribution is 14.2. The molecule has 1 saturated heterocycles. The number of hydrogen-bond acceptors (Lipinski definition) is 10. The van der Waals surface area contributed by atoms with Crippen molar-refractivity contribution in [2.75, 3.05) is 46.2 Å². The van der Waals surface area contributed by atoms with Crippen LogP contribution in [0.5, 0.6) is 0 Å². The van der Waals surface area contributed by atoms with Crippen LogP contribution in [-0.4, -0.2) is 107 Å². The van der Waals surface area contributed by atoms with Crippen molar-refractivity contribution in [1.82, 2.24) is 10.6 Å². The third-order valence-electron chi connectivity index (χ3n) is 4.38. The van der Waals surface area contributed by atoms with E-state index in [-0.39, 0.29) is 19.8 Å². The van der Waals surface area contributed by atoms with E-state index in [0.717, 1.165) is 7.21 Å². The number of carbonyl (C=O) groups is 1. The van der Waals surface area contributed by atoms with Gasteiger partial charge in [-0.25, -0.2) is 4.79 Å². The van der Waals surface area contributed by atoms with E-state index >= 15 is 0 Å². The van der Waals surface area contributed by atoms with Gasteiger partial charge in [-0.1, -0.05) is 11.8 Å². The van der Waals surface area contributed by atoms with Gasteiger partial charge in [-0.2, -0.15) is 0 Å².